The second kappa shape index (κ2) is 5.75. The number of fused-ring (bicyclic) bond motifs is 1. The molecule has 2 aromatic carbocycles. The first-order chi connectivity index (χ1) is 10.3. The third-order valence-electron chi connectivity index (χ3n) is 3.33. The number of nitrogens with zero attached hydrogens (tertiary/aromatic N) is 1. The average Bonchev–Trinajstić information content (AvgIpc) is 2.55. The van der Waals surface area contributed by atoms with Crippen molar-refractivity contribution in [3.8, 4) is 11.1 Å². The van der Waals surface area contributed by atoms with Crippen LogP contribution in [-0.2, 0) is 4.74 Å². The summed E-state index contributed by atoms with van der Waals surface area (Å²) in [6.07, 6.45) is 1.79. The average molecular weight is 277 g/mol. The molecule has 0 aliphatic rings. The van der Waals surface area contributed by atoms with Gasteiger partial charge in [0, 0.05) is 11.6 Å². The maximum absolute atomic E-state index is 11.6. The highest BCUT2D eigenvalue weighted by Crippen LogP contribution is 2.24. The molecule has 0 N–H and O–H groups in total. The van der Waals surface area contributed by atoms with Crippen LogP contribution in [0.25, 0.3) is 22.0 Å². The van der Waals surface area contributed by atoms with Gasteiger partial charge in [0.1, 0.15) is 0 Å². The highest BCUT2D eigenvalue weighted by molar-refractivity contribution is 5.90. The Kier molecular flexibility index (Phi) is 3.65. The number of rotatable bonds is 3. The zero-order chi connectivity index (χ0) is 14.7. The van der Waals surface area contributed by atoms with Crippen LogP contribution in [0.15, 0.2) is 60.8 Å². The fraction of sp³-hybridized carbons (Fsp3) is 0.111. The van der Waals surface area contributed by atoms with Gasteiger partial charge in [-0.3, -0.25) is 4.98 Å². The molecule has 3 heteroatoms. The Hall–Kier alpha value is -2.68. The third kappa shape index (κ3) is 2.77. The van der Waals surface area contributed by atoms with Crippen LogP contribution in [0, 0.1) is 0 Å². The number of carbonyl (C=O) groups excluding carboxylic acids is 1. The number of aromatic nitrogens is 1. The summed E-state index contributed by atoms with van der Waals surface area (Å²) in [5.41, 5.74) is 3.71. The van der Waals surface area contributed by atoms with E-state index >= 15 is 0 Å². The number of hydrogen-bond acceptors (Lipinski definition) is 3. The Morgan fingerprint density at radius 2 is 1.81 bits per heavy atom. The van der Waals surface area contributed by atoms with Crippen LogP contribution < -0.4 is 0 Å². The van der Waals surface area contributed by atoms with Crippen molar-refractivity contribution in [2.75, 3.05) is 6.61 Å². The van der Waals surface area contributed by atoms with Gasteiger partial charge in [-0.2, -0.15) is 0 Å². The van der Waals surface area contributed by atoms with E-state index in [-0.39, 0.29) is 5.97 Å². The summed E-state index contributed by atoms with van der Waals surface area (Å²) in [7, 11) is 0. The van der Waals surface area contributed by atoms with Gasteiger partial charge < -0.3 is 4.74 Å². The molecular weight excluding hydrogens is 262 g/mol. The van der Waals surface area contributed by atoms with Crippen molar-refractivity contribution in [2.45, 2.75) is 6.92 Å². The highest BCUT2D eigenvalue weighted by atomic mass is 16.5. The first-order valence-corrected chi connectivity index (χ1v) is 6.90. The van der Waals surface area contributed by atoms with E-state index in [1.165, 1.54) is 0 Å². The van der Waals surface area contributed by atoms with Crippen LogP contribution in [-0.4, -0.2) is 17.6 Å². The molecule has 0 aliphatic heterocycles. The molecule has 1 heterocycles. The number of hydrogen-bond donors (Lipinski definition) is 0. The summed E-state index contributed by atoms with van der Waals surface area (Å²) in [5.74, 6) is -0.285. The van der Waals surface area contributed by atoms with Gasteiger partial charge in [-0.05, 0) is 48.4 Å². The maximum Gasteiger partial charge on any atom is 0.338 e. The van der Waals surface area contributed by atoms with E-state index in [1.807, 2.05) is 36.4 Å². The van der Waals surface area contributed by atoms with Crippen molar-refractivity contribution in [1.82, 2.24) is 4.98 Å². The molecule has 0 radical (unpaired) electrons. The number of esters is 1. The van der Waals surface area contributed by atoms with Gasteiger partial charge in [-0.15, -0.1) is 0 Å². The summed E-state index contributed by atoms with van der Waals surface area (Å²) >= 11 is 0. The molecule has 21 heavy (non-hydrogen) atoms. The van der Waals surface area contributed by atoms with Gasteiger partial charge in [0.25, 0.3) is 0 Å². The third-order valence-corrected chi connectivity index (χ3v) is 3.33. The molecule has 3 rings (SSSR count). The summed E-state index contributed by atoms with van der Waals surface area (Å²) < 4.78 is 4.98. The number of benzene rings is 2. The van der Waals surface area contributed by atoms with E-state index < -0.39 is 0 Å². The quantitative estimate of drug-likeness (QED) is 0.677. The second-order valence-corrected chi connectivity index (χ2v) is 4.71. The lowest BCUT2D eigenvalue weighted by molar-refractivity contribution is 0.0526. The zero-order valence-corrected chi connectivity index (χ0v) is 11.7. The van der Waals surface area contributed by atoms with Crippen LogP contribution in [0.4, 0.5) is 0 Å². The zero-order valence-electron chi connectivity index (χ0n) is 11.7. The minimum atomic E-state index is -0.285. The van der Waals surface area contributed by atoms with Crippen LogP contribution in [0.5, 0.6) is 0 Å². The molecule has 0 fully saturated rings. The Bertz CT molecular complexity index is 779. The van der Waals surface area contributed by atoms with Crippen molar-refractivity contribution < 1.29 is 9.53 Å². The van der Waals surface area contributed by atoms with E-state index in [2.05, 4.69) is 11.1 Å². The Morgan fingerprint density at radius 3 is 2.57 bits per heavy atom. The first kappa shape index (κ1) is 13.3. The molecule has 0 aliphatic carbocycles. The predicted molar refractivity (Wildman–Crippen MR) is 83.1 cm³/mol. The lowest BCUT2D eigenvalue weighted by Gasteiger charge is -2.05. The molecule has 0 atom stereocenters. The normalized spacial score (nSPS) is 10.5. The Morgan fingerprint density at radius 1 is 1.05 bits per heavy atom. The van der Waals surface area contributed by atoms with E-state index in [0.717, 1.165) is 22.0 Å². The molecule has 0 saturated heterocycles. The molecule has 3 aromatic rings. The van der Waals surface area contributed by atoms with Gasteiger partial charge in [-0.25, -0.2) is 4.79 Å². The first-order valence-electron chi connectivity index (χ1n) is 6.90. The summed E-state index contributed by atoms with van der Waals surface area (Å²) in [6.45, 7) is 2.19. The monoisotopic (exact) mass is 277 g/mol. The minimum Gasteiger partial charge on any atom is -0.462 e. The topological polar surface area (TPSA) is 39.2 Å². The summed E-state index contributed by atoms with van der Waals surface area (Å²) in [4.78, 5) is 15.9. The molecule has 3 nitrogen and oxygen atoms in total. The van der Waals surface area contributed by atoms with Crippen molar-refractivity contribution in [1.29, 1.82) is 0 Å². The van der Waals surface area contributed by atoms with Crippen molar-refractivity contribution in [2.24, 2.45) is 0 Å². The van der Waals surface area contributed by atoms with Crippen LogP contribution in [0.1, 0.15) is 17.3 Å². The van der Waals surface area contributed by atoms with E-state index in [4.69, 9.17) is 4.74 Å². The molecule has 0 bridgehead atoms. The van der Waals surface area contributed by atoms with E-state index in [1.54, 1.807) is 25.3 Å². The van der Waals surface area contributed by atoms with Crippen LogP contribution in [0.2, 0.25) is 0 Å². The van der Waals surface area contributed by atoms with Gasteiger partial charge in [-0.1, -0.05) is 24.3 Å². The summed E-state index contributed by atoms with van der Waals surface area (Å²) in [5, 5.41) is 1.10. The number of carbonyl (C=O) groups is 1. The number of ether oxygens (including phenoxy) is 1. The van der Waals surface area contributed by atoms with E-state index in [9.17, 15) is 4.79 Å². The minimum absolute atomic E-state index is 0.285. The Labute approximate surface area is 123 Å². The van der Waals surface area contributed by atoms with Crippen molar-refractivity contribution in [3.63, 3.8) is 0 Å². The molecule has 0 unspecified atom stereocenters. The Balaban J connectivity index is 1.93. The summed E-state index contributed by atoms with van der Waals surface area (Å²) in [6, 6.07) is 17.6. The fourth-order valence-electron chi connectivity index (χ4n) is 2.27. The van der Waals surface area contributed by atoms with Gasteiger partial charge in [0.05, 0.1) is 17.7 Å². The molecule has 0 saturated carbocycles. The lowest BCUT2D eigenvalue weighted by Crippen LogP contribution is -2.03. The van der Waals surface area contributed by atoms with Gasteiger partial charge >= 0.3 is 5.97 Å². The van der Waals surface area contributed by atoms with Crippen LogP contribution in [0.3, 0.4) is 0 Å². The van der Waals surface area contributed by atoms with Crippen LogP contribution >= 0.6 is 0 Å². The SMILES string of the molecule is CCOC(=O)c1ccc(-c2ccc3ncccc3c2)cc1. The van der Waals surface area contributed by atoms with Gasteiger partial charge in [0.15, 0.2) is 0 Å². The molecule has 0 amide bonds. The van der Waals surface area contributed by atoms with E-state index in [0.29, 0.717) is 12.2 Å². The lowest BCUT2D eigenvalue weighted by atomic mass is 10.0. The molecule has 1 aromatic heterocycles. The number of pyridine rings is 1. The molecular formula is C18H15NO2. The fourth-order valence-corrected chi connectivity index (χ4v) is 2.27. The van der Waals surface area contributed by atoms with Gasteiger partial charge in [0.2, 0.25) is 0 Å². The standard InChI is InChI=1S/C18H15NO2/c1-2-21-18(20)14-7-5-13(6-8-14)15-9-10-17-16(12-15)4-3-11-19-17/h3-12H,2H2,1H3. The molecule has 104 valence electrons. The smallest absolute Gasteiger partial charge is 0.338 e. The second-order valence-electron chi connectivity index (χ2n) is 4.71. The maximum atomic E-state index is 11.6. The molecule has 0 spiro atoms. The predicted octanol–water partition coefficient (Wildman–Crippen LogP) is 4.08. The van der Waals surface area contributed by atoms with Crippen molar-refractivity contribution in [3.05, 3.63) is 66.4 Å². The van der Waals surface area contributed by atoms with Crippen molar-refractivity contribution >= 4 is 16.9 Å². The largest absolute Gasteiger partial charge is 0.462 e. The highest BCUT2D eigenvalue weighted by Gasteiger charge is 2.06.